The lowest BCUT2D eigenvalue weighted by molar-refractivity contribution is -0.136. The van der Waals surface area contributed by atoms with Gasteiger partial charge >= 0.3 is 0 Å². The number of amides is 3. The van der Waals surface area contributed by atoms with Crippen LogP contribution in [-0.2, 0) is 22.7 Å². The average Bonchev–Trinajstić information content (AvgIpc) is 3.22. The summed E-state index contributed by atoms with van der Waals surface area (Å²) in [6.45, 7) is 2.18. The SMILES string of the molecule is O=C1CCC(N2Cc3ccc(CNC4CNC5(CCC5)C4)cc3C2=O)C(=O)N1. The molecule has 0 bridgehead atoms. The van der Waals surface area contributed by atoms with Gasteiger partial charge in [-0.05, 0) is 49.3 Å². The number of nitrogens with one attached hydrogen (secondary N) is 3. The summed E-state index contributed by atoms with van der Waals surface area (Å²) in [5.41, 5.74) is 3.11. The fraction of sp³-hybridized carbons (Fsp3) is 0.571. The number of rotatable bonds is 4. The third-order valence-corrected chi connectivity index (χ3v) is 6.86. The topological polar surface area (TPSA) is 90.5 Å². The highest BCUT2D eigenvalue weighted by Crippen LogP contribution is 2.38. The van der Waals surface area contributed by atoms with Gasteiger partial charge in [-0.3, -0.25) is 19.7 Å². The van der Waals surface area contributed by atoms with Gasteiger partial charge in [0.15, 0.2) is 0 Å². The van der Waals surface area contributed by atoms with Crippen LogP contribution < -0.4 is 16.0 Å². The lowest BCUT2D eigenvalue weighted by Gasteiger charge is -2.38. The van der Waals surface area contributed by atoms with Crippen LogP contribution in [0.4, 0.5) is 0 Å². The van der Waals surface area contributed by atoms with Crippen LogP contribution in [0.2, 0.25) is 0 Å². The van der Waals surface area contributed by atoms with Crippen molar-refractivity contribution in [3.63, 3.8) is 0 Å². The highest BCUT2D eigenvalue weighted by atomic mass is 16.2. The molecule has 28 heavy (non-hydrogen) atoms. The minimum absolute atomic E-state index is 0.109. The second-order valence-corrected chi connectivity index (χ2v) is 8.69. The molecule has 0 radical (unpaired) electrons. The van der Waals surface area contributed by atoms with E-state index < -0.39 is 6.04 Å². The Kier molecular flexibility index (Phi) is 4.25. The van der Waals surface area contributed by atoms with Crippen molar-refractivity contribution in [3.05, 3.63) is 34.9 Å². The first kappa shape index (κ1) is 17.8. The molecule has 3 N–H and O–H groups in total. The number of benzene rings is 1. The summed E-state index contributed by atoms with van der Waals surface area (Å²) < 4.78 is 0. The van der Waals surface area contributed by atoms with E-state index in [0.717, 1.165) is 24.2 Å². The fourth-order valence-corrected chi connectivity index (χ4v) is 5.06. The molecule has 0 aromatic heterocycles. The second kappa shape index (κ2) is 6.67. The predicted molar refractivity (Wildman–Crippen MR) is 102 cm³/mol. The molecule has 3 aliphatic heterocycles. The lowest BCUT2D eigenvalue weighted by atomic mass is 9.75. The first-order chi connectivity index (χ1) is 13.5. The Bertz CT molecular complexity index is 848. The van der Waals surface area contributed by atoms with E-state index in [1.807, 2.05) is 12.1 Å². The van der Waals surface area contributed by atoms with Gasteiger partial charge in [0.25, 0.3) is 5.91 Å². The van der Waals surface area contributed by atoms with Crippen molar-refractivity contribution in [2.45, 2.75) is 69.2 Å². The number of nitrogens with zero attached hydrogens (tertiary/aromatic N) is 1. The summed E-state index contributed by atoms with van der Waals surface area (Å²) >= 11 is 0. The molecule has 1 spiro atoms. The van der Waals surface area contributed by atoms with Crippen LogP contribution in [0.15, 0.2) is 18.2 Å². The van der Waals surface area contributed by atoms with E-state index in [4.69, 9.17) is 0 Å². The normalized spacial score (nSPS) is 28.4. The van der Waals surface area contributed by atoms with Gasteiger partial charge in [-0.15, -0.1) is 0 Å². The van der Waals surface area contributed by atoms with Gasteiger partial charge in [-0.1, -0.05) is 12.1 Å². The van der Waals surface area contributed by atoms with Crippen LogP contribution in [0.1, 0.15) is 60.0 Å². The number of carbonyl (C=O) groups is 3. The smallest absolute Gasteiger partial charge is 0.255 e. The number of imide groups is 1. The highest BCUT2D eigenvalue weighted by molar-refractivity contribution is 6.05. The molecule has 1 aromatic rings. The minimum atomic E-state index is -0.553. The molecule has 1 aromatic carbocycles. The van der Waals surface area contributed by atoms with Gasteiger partial charge in [-0.25, -0.2) is 0 Å². The zero-order valence-corrected chi connectivity index (χ0v) is 15.9. The van der Waals surface area contributed by atoms with Gasteiger partial charge in [0.1, 0.15) is 6.04 Å². The average molecular weight is 382 g/mol. The van der Waals surface area contributed by atoms with Crippen LogP contribution in [0.5, 0.6) is 0 Å². The molecule has 2 unspecified atom stereocenters. The molecule has 1 saturated carbocycles. The molecule has 7 nitrogen and oxygen atoms in total. The van der Waals surface area contributed by atoms with Crippen molar-refractivity contribution in [1.82, 2.24) is 20.9 Å². The van der Waals surface area contributed by atoms with Crippen LogP contribution in [0.25, 0.3) is 0 Å². The van der Waals surface area contributed by atoms with E-state index in [2.05, 4.69) is 22.0 Å². The number of fused-ring (bicyclic) bond motifs is 1. The van der Waals surface area contributed by atoms with Crippen LogP contribution >= 0.6 is 0 Å². The van der Waals surface area contributed by atoms with Crippen molar-refractivity contribution < 1.29 is 14.4 Å². The molecule has 1 aliphatic carbocycles. The third-order valence-electron chi connectivity index (χ3n) is 6.86. The molecule has 4 aliphatic rings. The Morgan fingerprint density at radius 1 is 1.21 bits per heavy atom. The molecular weight excluding hydrogens is 356 g/mol. The Balaban J connectivity index is 1.23. The number of carbonyl (C=O) groups excluding carboxylic acids is 3. The number of hydrogen-bond acceptors (Lipinski definition) is 5. The summed E-state index contributed by atoms with van der Waals surface area (Å²) in [6, 6.07) is 5.94. The van der Waals surface area contributed by atoms with Crippen molar-refractivity contribution in [2.24, 2.45) is 0 Å². The molecular formula is C21H26N4O3. The number of piperidine rings is 1. The van der Waals surface area contributed by atoms with Crippen LogP contribution in [-0.4, -0.2) is 46.8 Å². The Labute approximate surface area is 164 Å². The molecule has 2 saturated heterocycles. The van der Waals surface area contributed by atoms with Crippen molar-refractivity contribution in [3.8, 4) is 0 Å². The maximum Gasteiger partial charge on any atom is 0.255 e. The van der Waals surface area contributed by atoms with E-state index in [-0.39, 0.29) is 24.1 Å². The zero-order chi connectivity index (χ0) is 19.3. The molecule has 148 valence electrons. The van der Waals surface area contributed by atoms with Crippen LogP contribution in [0, 0.1) is 0 Å². The van der Waals surface area contributed by atoms with Gasteiger partial charge in [-0.2, -0.15) is 0 Å². The van der Waals surface area contributed by atoms with Gasteiger partial charge in [0.2, 0.25) is 11.8 Å². The highest BCUT2D eigenvalue weighted by Gasteiger charge is 2.43. The predicted octanol–water partition coefficient (Wildman–Crippen LogP) is 0.822. The molecule has 2 atom stereocenters. The Hall–Kier alpha value is -2.25. The van der Waals surface area contributed by atoms with Crippen LogP contribution in [0.3, 0.4) is 0 Å². The summed E-state index contributed by atoms with van der Waals surface area (Å²) in [4.78, 5) is 38.0. The molecule has 3 fully saturated rings. The van der Waals surface area contributed by atoms with E-state index >= 15 is 0 Å². The Morgan fingerprint density at radius 3 is 2.79 bits per heavy atom. The Morgan fingerprint density at radius 2 is 2.07 bits per heavy atom. The lowest BCUT2D eigenvalue weighted by Crippen LogP contribution is -2.52. The molecule has 5 rings (SSSR count). The first-order valence-corrected chi connectivity index (χ1v) is 10.3. The summed E-state index contributed by atoms with van der Waals surface area (Å²) in [6.07, 6.45) is 5.76. The quantitative estimate of drug-likeness (QED) is 0.671. The maximum absolute atomic E-state index is 12.9. The van der Waals surface area contributed by atoms with Gasteiger partial charge in [0.05, 0.1) is 0 Å². The molecule has 3 amide bonds. The van der Waals surface area contributed by atoms with E-state index in [1.165, 1.54) is 25.7 Å². The standard InChI is InChI=1S/C21H26N4O3/c26-18-5-4-17(19(27)24-18)25-12-14-3-2-13(8-16(14)20(25)28)10-22-15-9-21(23-11-15)6-1-7-21/h2-3,8,15,17,22-23H,1,4-7,9-12H2,(H,24,26,27). The minimum Gasteiger partial charge on any atom is -0.322 e. The fourth-order valence-electron chi connectivity index (χ4n) is 5.06. The van der Waals surface area contributed by atoms with E-state index in [0.29, 0.717) is 30.1 Å². The van der Waals surface area contributed by atoms with Gasteiger partial charge < -0.3 is 15.5 Å². The largest absolute Gasteiger partial charge is 0.322 e. The second-order valence-electron chi connectivity index (χ2n) is 8.69. The van der Waals surface area contributed by atoms with Crippen molar-refractivity contribution in [2.75, 3.05) is 6.54 Å². The maximum atomic E-state index is 12.9. The van der Waals surface area contributed by atoms with Crippen molar-refractivity contribution >= 4 is 17.7 Å². The summed E-state index contributed by atoms with van der Waals surface area (Å²) in [5.74, 6) is -0.732. The number of hydrogen-bond donors (Lipinski definition) is 3. The first-order valence-electron chi connectivity index (χ1n) is 10.3. The zero-order valence-electron chi connectivity index (χ0n) is 15.9. The summed E-state index contributed by atoms with van der Waals surface area (Å²) in [5, 5.41) is 9.64. The van der Waals surface area contributed by atoms with Gasteiger partial charge in [0, 0.05) is 43.2 Å². The van der Waals surface area contributed by atoms with E-state index in [9.17, 15) is 14.4 Å². The van der Waals surface area contributed by atoms with Crippen molar-refractivity contribution in [1.29, 1.82) is 0 Å². The monoisotopic (exact) mass is 382 g/mol. The molecule has 3 heterocycles. The molecule has 7 heteroatoms. The summed E-state index contributed by atoms with van der Waals surface area (Å²) in [7, 11) is 0. The third kappa shape index (κ3) is 3.02. The van der Waals surface area contributed by atoms with E-state index in [1.54, 1.807) is 4.90 Å².